The summed E-state index contributed by atoms with van der Waals surface area (Å²) in [6, 6.07) is 5.73. The van der Waals surface area contributed by atoms with Crippen LogP contribution in [-0.4, -0.2) is 15.4 Å². The van der Waals surface area contributed by atoms with Gasteiger partial charge in [-0.25, -0.2) is 4.98 Å². The van der Waals surface area contributed by atoms with Crippen molar-refractivity contribution in [3.8, 4) is 5.69 Å². The van der Waals surface area contributed by atoms with Crippen molar-refractivity contribution in [3.63, 3.8) is 0 Å². The fraction of sp³-hybridized carbons (Fsp3) is 0.167. The number of benzene rings is 1. The molecule has 4 nitrogen and oxygen atoms in total. The molecule has 5 heteroatoms. The molecule has 1 heterocycles. The zero-order chi connectivity index (χ0) is 12.4. The number of nitrogens with zero attached hydrogens (tertiary/aromatic N) is 2. The van der Waals surface area contributed by atoms with Gasteiger partial charge in [-0.1, -0.05) is 13.0 Å². The average Bonchev–Trinajstić information content (AvgIpc) is 2.75. The van der Waals surface area contributed by atoms with Gasteiger partial charge < -0.3 is 10.3 Å². The van der Waals surface area contributed by atoms with Crippen molar-refractivity contribution >= 4 is 21.8 Å². The van der Waals surface area contributed by atoms with E-state index in [1.165, 1.54) is 0 Å². The molecule has 2 aromatic rings. The third-order valence-corrected chi connectivity index (χ3v) is 3.21. The molecule has 3 N–H and O–H groups in total. The summed E-state index contributed by atoms with van der Waals surface area (Å²) in [7, 11) is 0. The highest BCUT2D eigenvalue weighted by Crippen LogP contribution is 2.24. The third kappa shape index (κ3) is 2.10. The van der Waals surface area contributed by atoms with E-state index in [9.17, 15) is 0 Å². The monoisotopic (exact) mass is 292 g/mol. The first-order valence-corrected chi connectivity index (χ1v) is 6.10. The molecule has 1 aromatic carbocycles. The normalized spacial score (nSPS) is 10.5. The molecular weight excluding hydrogens is 280 g/mol. The Morgan fingerprint density at radius 1 is 1.53 bits per heavy atom. The van der Waals surface area contributed by atoms with E-state index in [0.717, 1.165) is 22.4 Å². The van der Waals surface area contributed by atoms with Crippen molar-refractivity contribution in [2.75, 3.05) is 0 Å². The maximum Gasteiger partial charge on any atom is 0.126 e. The average molecular weight is 293 g/mol. The highest BCUT2D eigenvalue weighted by molar-refractivity contribution is 9.10. The van der Waals surface area contributed by atoms with Crippen molar-refractivity contribution in [1.29, 1.82) is 5.41 Å². The summed E-state index contributed by atoms with van der Waals surface area (Å²) in [6.07, 6.45) is 4.47. The SMILES string of the molecule is CCc1nccn1-c1cccc(Br)c1C(=N)N. The highest BCUT2D eigenvalue weighted by atomic mass is 79.9. The van der Waals surface area contributed by atoms with Gasteiger partial charge in [-0.3, -0.25) is 5.41 Å². The van der Waals surface area contributed by atoms with Gasteiger partial charge in [-0.05, 0) is 28.1 Å². The summed E-state index contributed by atoms with van der Waals surface area (Å²) >= 11 is 3.43. The zero-order valence-electron chi connectivity index (χ0n) is 9.44. The summed E-state index contributed by atoms with van der Waals surface area (Å²) in [5, 5.41) is 7.66. The van der Waals surface area contributed by atoms with Gasteiger partial charge in [0.1, 0.15) is 11.7 Å². The quantitative estimate of drug-likeness (QED) is 0.674. The second kappa shape index (κ2) is 4.71. The minimum atomic E-state index is 0.0447. The van der Waals surface area contributed by atoms with Crippen LogP contribution in [0.3, 0.4) is 0 Å². The predicted molar refractivity (Wildman–Crippen MR) is 71.7 cm³/mol. The minimum absolute atomic E-state index is 0.0447. The molecule has 0 bridgehead atoms. The van der Waals surface area contributed by atoms with E-state index in [1.807, 2.05) is 35.9 Å². The van der Waals surface area contributed by atoms with Crippen LogP contribution in [-0.2, 0) is 6.42 Å². The predicted octanol–water partition coefficient (Wildman–Crippen LogP) is 2.48. The van der Waals surface area contributed by atoms with Crippen LogP contribution in [0.1, 0.15) is 18.3 Å². The summed E-state index contributed by atoms with van der Waals surface area (Å²) in [5.41, 5.74) is 7.20. The van der Waals surface area contributed by atoms with Crippen LogP contribution in [0.25, 0.3) is 5.69 Å². The molecule has 0 unspecified atom stereocenters. The number of nitrogens with two attached hydrogens (primary N) is 1. The summed E-state index contributed by atoms with van der Waals surface area (Å²) in [5.74, 6) is 0.994. The van der Waals surface area contributed by atoms with E-state index in [2.05, 4.69) is 20.9 Å². The van der Waals surface area contributed by atoms with Gasteiger partial charge >= 0.3 is 0 Å². The van der Waals surface area contributed by atoms with Gasteiger partial charge in [-0.2, -0.15) is 0 Å². The Balaban J connectivity index is 2.67. The standard InChI is InChI=1S/C12H13BrN4/c1-2-10-16-6-7-17(10)9-5-3-4-8(13)11(9)12(14)15/h3-7H,2H2,1H3,(H3,14,15). The molecule has 0 spiro atoms. The van der Waals surface area contributed by atoms with E-state index >= 15 is 0 Å². The van der Waals surface area contributed by atoms with Crippen LogP contribution in [0.5, 0.6) is 0 Å². The Bertz CT molecular complexity index is 559. The fourth-order valence-electron chi connectivity index (χ4n) is 1.80. The molecule has 0 aliphatic rings. The van der Waals surface area contributed by atoms with Gasteiger partial charge in [0.2, 0.25) is 0 Å². The molecule has 0 aliphatic heterocycles. The van der Waals surface area contributed by atoms with Gasteiger partial charge in [0.25, 0.3) is 0 Å². The second-order valence-electron chi connectivity index (χ2n) is 3.61. The highest BCUT2D eigenvalue weighted by Gasteiger charge is 2.12. The van der Waals surface area contributed by atoms with E-state index in [0.29, 0.717) is 5.56 Å². The molecule has 1 aromatic heterocycles. The first kappa shape index (κ1) is 11.9. The van der Waals surface area contributed by atoms with Crippen LogP contribution in [0.4, 0.5) is 0 Å². The number of hydrogen-bond donors (Lipinski definition) is 2. The molecule has 0 amide bonds. The maximum absolute atomic E-state index is 7.66. The summed E-state index contributed by atoms with van der Waals surface area (Å²) < 4.78 is 2.78. The molecule has 0 saturated carbocycles. The molecule has 0 atom stereocenters. The first-order chi connectivity index (χ1) is 8.15. The summed E-state index contributed by atoms with van der Waals surface area (Å²) in [6.45, 7) is 2.05. The maximum atomic E-state index is 7.66. The number of nitrogen functional groups attached to an aromatic ring is 1. The van der Waals surface area contributed by atoms with E-state index in [4.69, 9.17) is 11.1 Å². The number of aryl methyl sites for hydroxylation is 1. The lowest BCUT2D eigenvalue weighted by molar-refractivity contribution is 0.889. The Labute approximate surface area is 108 Å². The molecule has 0 radical (unpaired) electrons. The van der Waals surface area contributed by atoms with Crippen molar-refractivity contribution in [1.82, 2.24) is 9.55 Å². The van der Waals surface area contributed by atoms with Gasteiger partial charge in [0.15, 0.2) is 0 Å². The van der Waals surface area contributed by atoms with Gasteiger partial charge in [0.05, 0.1) is 11.3 Å². The molecule has 0 saturated heterocycles. The lowest BCUT2D eigenvalue weighted by atomic mass is 10.1. The Morgan fingerprint density at radius 2 is 2.29 bits per heavy atom. The largest absolute Gasteiger partial charge is 0.384 e. The lowest BCUT2D eigenvalue weighted by Gasteiger charge is -2.13. The van der Waals surface area contributed by atoms with Crippen LogP contribution >= 0.6 is 15.9 Å². The smallest absolute Gasteiger partial charge is 0.126 e. The molecular formula is C12H13BrN4. The van der Waals surface area contributed by atoms with E-state index in [-0.39, 0.29) is 5.84 Å². The molecule has 17 heavy (non-hydrogen) atoms. The van der Waals surface area contributed by atoms with Gasteiger partial charge in [0, 0.05) is 23.3 Å². The van der Waals surface area contributed by atoms with Crippen LogP contribution < -0.4 is 5.73 Å². The van der Waals surface area contributed by atoms with Crippen molar-refractivity contribution in [2.24, 2.45) is 5.73 Å². The fourth-order valence-corrected chi connectivity index (χ4v) is 2.36. The summed E-state index contributed by atoms with van der Waals surface area (Å²) in [4.78, 5) is 4.28. The molecule has 0 fully saturated rings. The number of nitrogens with one attached hydrogen (secondary N) is 1. The number of halogens is 1. The first-order valence-electron chi connectivity index (χ1n) is 5.30. The Kier molecular flexibility index (Phi) is 3.28. The third-order valence-electron chi connectivity index (χ3n) is 2.55. The van der Waals surface area contributed by atoms with Crippen LogP contribution in [0, 0.1) is 5.41 Å². The Morgan fingerprint density at radius 3 is 2.94 bits per heavy atom. The number of aromatic nitrogens is 2. The zero-order valence-corrected chi connectivity index (χ0v) is 11.0. The molecule has 0 aliphatic carbocycles. The lowest BCUT2D eigenvalue weighted by Crippen LogP contribution is -2.16. The van der Waals surface area contributed by atoms with E-state index < -0.39 is 0 Å². The van der Waals surface area contributed by atoms with Crippen LogP contribution in [0.2, 0.25) is 0 Å². The number of amidine groups is 1. The minimum Gasteiger partial charge on any atom is -0.384 e. The molecule has 2 rings (SSSR count). The van der Waals surface area contributed by atoms with Crippen LogP contribution in [0.15, 0.2) is 35.1 Å². The van der Waals surface area contributed by atoms with Crippen molar-refractivity contribution in [2.45, 2.75) is 13.3 Å². The number of hydrogen-bond acceptors (Lipinski definition) is 2. The Hall–Kier alpha value is -1.62. The van der Waals surface area contributed by atoms with Gasteiger partial charge in [-0.15, -0.1) is 0 Å². The second-order valence-corrected chi connectivity index (χ2v) is 4.47. The van der Waals surface area contributed by atoms with Crippen molar-refractivity contribution in [3.05, 3.63) is 46.5 Å². The van der Waals surface area contributed by atoms with E-state index in [1.54, 1.807) is 6.20 Å². The number of imidazole rings is 1. The topological polar surface area (TPSA) is 67.7 Å². The number of rotatable bonds is 3. The van der Waals surface area contributed by atoms with Crippen molar-refractivity contribution < 1.29 is 0 Å². The molecule has 88 valence electrons.